The van der Waals surface area contributed by atoms with Gasteiger partial charge in [0.25, 0.3) is 0 Å². The van der Waals surface area contributed by atoms with Crippen LogP contribution in [-0.2, 0) is 37.6 Å². The van der Waals surface area contributed by atoms with Crippen molar-refractivity contribution in [1.29, 1.82) is 5.26 Å². The van der Waals surface area contributed by atoms with Gasteiger partial charge in [0.15, 0.2) is 18.1 Å². The predicted molar refractivity (Wildman–Crippen MR) is 176 cm³/mol. The van der Waals surface area contributed by atoms with Crippen molar-refractivity contribution in [3.05, 3.63) is 53.3 Å². The molecule has 1 saturated heterocycles. The summed E-state index contributed by atoms with van der Waals surface area (Å²) in [7, 11) is -4.01. The Kier molecular flexibility index (Phi) is 11.7. The van der Waals surface area contributed by atoms with Crippen LogP contribution in [0.5, 0.6) is 5.75 Å². The topological polar surface area (TPSA) is 160 Å². The number of nitriles is 1. The highest BCUT2D eigenvalue weighted by atomic mass is 35.5. The highest BCUT2D eigenvalue weighted by Gasteiger charge is 2.33. The van der Waals surface area contributed by atoms with Crippen molar-refractivity contribution in [2.24, 2.45) is 5.41 Å². The molecule has 0 radical (unpaired) electrons. The predicted octanol–water partition coefficient (Wildman–Crippen LogP) is 6.95. The smallest absolute Gasteiger partial charge is 0.405 e. The van der Waals surface area contributed by atoms with Gasteiger partial charge in [-0.2, -0.15) is 5.26 Å². The molecule has 2 fully saturated rings. The van der Waals surface area contributed by atoms with Crippen molar-refractivity contribution in [3.8, 4) is 11.8 Å². The highest BCUT2D eigenvalue weighted by Crippen LogP contribution is 2.48. The van der Waals surface area contributed by atoms with E-state index in [0.29, 0.717) is 29.7 Å². The van der Waals surface area contributed by atoms with Crippen LogP contribution in [0.2, 0.25) is 5.15 Å². The van der Waals surface area contributed by atoms with Gasteiger partial charge >= 0.3 is 19.5 Å². The van der Waals surface area contributed by atoms with Crippen molar-refractivity contribution < 1.29 is 42.1 Å². The lowest BCUT2D eigenvalue weighted by Crippen LogP contribution is -2.25. The second kappa shape index (κ2) is 15.7. The minimum Gasteiger partial charge on any atom is -0.427 e. The van der Waals surface area contributed by atoms with Gasteiger partial charge < -0.3 is 33.4 Å². The summed E-state index contributed by atoms with van der Waals surface area (Å²) in [5.74, 6) is -1.17. The first kappa shape index (κ1) is 35.6. The van der Waals surface area contributed by atoms with Crippen molar-refractivity contribution in [2.75, 3.05) is 31.7 Å². The zero-order valence-electron chi connectivity index (χ0n) is 27.2. The molecular weight excluding hydrogens is 663 g/mol. The molecule has 1 aliphatic heterocycles. The fourth-order valence-electron chi connectivity index (χ4n) is 5.50. The van der Waals surface area contributed by atoms with Gasteiger partial charge in [-0.05, 0) is 64.7 Å². The average molecular weight is 703 g/mol. The molecule has 0 amide bonds. The number of carbonyl (C=O) groups excluding carboxylic acids is 2. The van der Waals surface area contributed by atoms with E-state index in [1.165, 1.54) is 0 Å². The fraction of sp³-hybridized carbons (Fsp3) is 0.515. The number of nitrogens with zero attached hydrogens (tertiary/aromatic N) is 3. The average Bonchev–Trinajstić information content (AvgIpc) is 3.82. The lowest BCUT2D eigenvalue weighted by atomic mass is 9.98. The zero-order valence-corrected chi connectivity index (χ0v) is 28.8. The number of nitrogens with one attached hydrogen (secondary N) is 1. The van der Waals surface area contributed by atoms with Crippen LogP contribution in [0.3, 0.4) is 0 Å². The maximum Gasteiger partial charge on any atom is 0.405 e. The quantitative estimate of drug-likeness (QED) is 0.0798. The third kappa shape index (κ3) is 9.07. The first-order valence-corrected chi connectivity index (χ1v) is 18.0. The normalized spacial score (nSPS) is 19.5. The van der Waals surface area contributed by atoms with Gasteiger partial charge in [-0.1, -0.05) is 42.6 Å². The number of pyridine rings is 1. The van der Waals surface area contributed by atoms with E-state index in [9.17, 15) is 19.4 Å². The number of aromatic nitrogens is 2. The fourth-order valence-corrected chi connectivity index (χ4v) is 6.97. The molecule has 0 spiro atoms. The summed E-state index contributed by atoms with van der Waals surface area (Å²) in [6.07, 6.45) is 6.37. The van der Waals surface area contributed by atoms with E-state index in [1.54, 1.807) is 51.1 Å². The number of hydrogen-bond acceptors (Lipinski definition) is 12. The molecule has 13 nitrogen and oxygen atoms in total. The number of para-hydroxylation sites is 1. The standard InChI is InChI=1S/C33H40ClN4O9P/c1-33(2,3)32(40)44-20-43-28(39)19-45-48(41,47-23-11-5-4-6-12-23)21-42-18-24-13-14-27(46-24)38-16-15-25-29(36-22-9-7-8-10-22)26(17-35)30(34)37-31(25)38/h4-6,11-12,15-16,22,24,27H,7-10,13-14,18-21H2,1-3H3,(H,36,37)/t24-,27+,48?/m0/s1. The van der Waals surface area contributed by atoms with E-state index in [1.807, 2.05) is 16.8 Å². The van der Waals surface area contributed by atoms with Crippen molar-refractivity contribution in [1.82, 2.24) is 9.55 Å². The van der Waals surface area contributed by atoms with E-state index >= 15 is 0 Å². The highest BCUT2D eigenvalue weighted by molar-refractivity contribution is 7.54. The summed E-state index contributed by atoms with van der Waals surface area (Å²) >= 11 is 6.48. The Labute approximate surface area is 284 Å². The summed E-state index contributed by atoms with van der Waals surface area (Å²) in [5.41, 5.74) is 0.870. The molecule has 2 aromatic heterocycles. The Morgan fingerprint density at radius 3 is 2.58 bits per heavy atom. The molecule has 1 unspecified atom stereocenters. The van der Waals surface area contributed by atoms with Crippen molar-refractivity contribution in [2.45, 2.75) is 77.7 Å². The Morgan fingerprint density at radius 2 is 1.88 bits per heavy atom. The van der Waals surface area contributed by atoms with Crippen LogP contribution in [0, 0.1) is 16.7 Å². The number of fused-ring (bicyclic) bond motifs is 1. The molecule has 1 aliphatic carbocycles. The second-order valence-corrected chi connectivity index (χ2v) is 15.0. The Bertz CT molecular complexity index is 1680. The molecule has 258 valence electrons. The number of halogens is 1. The van der Waals surface area contributed by atoms with Crippen LogP contribution in [0.1, 0.15) is 71.1 Å². The molecule has 1 saturated carbocycles. The first-order valence-electron chi connectivity index (χ1n) is 15.9. The first-order chi connectivity index (χ1) is 23.0. The number of esters is 2. The third-order valence-corrected chi connectivity index (χ3v) is 9.75. The van der Waals surface area contributed by atoms with Crippen LogP contribution in [0.15, 0.2) is 42.6 Å². The number of benzene rings is 1. The minimum absolute atomic E-state index is 0.0790. The molecule has 1 N–H and O–H groups in total. The summed E-state index contributed by atoms with van der Waals surface area (Å²) in [4.78, 5) is 28.7. The monoisotopic (exact) mass is 702 g/mol. The third-order valence-electron chi connectivity index (χ3n) is 7.97. The van der Waals surface area contributed by atoms with Gasteiger partial charge in [0.1, 0.15) is 29.3 Å². The molecule has 5 rings (SSSR count). The van der Waals surface area contributed by atoms with E-state index in [-0.39, 0.29) is 35.9 Å². The second-order valence-electron chi connectivity index (χ2n) is 12.7. The number of carbonyl (C=O) groups is 2. The summed E-state index contributed by atoms with van der Waals surface area (Å²) < 4.78 is 48.5. The van der Waals surface area contributed by atoms with Crippen LogP contribution in [0.4, 0.5) is 5.69 Å². The molecule has 2 aliphatic rings. The van der Waals surface area contributed by atoms with Gasteiger partial charge in [-0.25, -0.2) is 14.3 Å². The Balaban J connectivity index is 1.18. The Morgan fingerprint density at radius 1 is 1.12 bits per heavy atom. The Hall–Kier alpha value is -3.66. The van der Waals surface area contributed by atoms with E-state index in [4.69, 9.17) is 39.6 Å². The van der Waals surface area contributed by atoms with Gasteiger partial charge in [0.2, 0.25) is 6.79 Å². The van der Waals surface area contributed by atoms with Crippen LogP contribution in [-0.4, -0.2) is 60.0 Å². The molecule has 3 heterocycles. The van der Waals surface area contributed by atoms with Gasteiger partial charge in [-0.15, -0.1) is 0 Å². The summed E-state index contributed by atoms with van der Waals surface area (Å²) in [6.45, 7) is 3.76. The van der Waals surface area contributed by atoms with Crippen LogP contribution >= 0.6 is 19.2 Å². The maximum atomic E-state index is 13.7. The lowest BCUT2D eigenvalue weighted by Gasteiger charge is -2.21. The minimum atomic E-state index is -4.01. The zero-order chi connectivity index (χ0) is 34.3. The number of rotatable bonds is 14. The SMILES string of the molecule is CC(C)(C)C(=O)OCOC(=O)COP(=O)(COC[C@@H]1CC[C@H](n2ccc3c(NC4CCCC4)c(C#N)c(Cl)nc32)O1)Oc1ccccc1. The molecule has 48 heavy (non-hydrogen) atoms. The molecule has 3 aromatic rings. The van der Waals surface area contributed by atoms with E-state index < -0.39 is 44.7 Å². The van der Waals surface area contributed by atoms with Gasteiger partial charge in [0.05, 0.1) is 23.8 Å². The summed E-state index contributed by atoms with van der Waals surface area (Å²) in [6, 6.07) is 12.8. The largest absolute Gasteiger partial charge is 0.427 e. The van der Waals surface area contributed by atoms with Gasteiger partial charge in [0, 0.05) is 17.6 Å². The van der Waals surface area contributed by atoms with Crippen molar-refractivity contribution in [3.63, 3.8) is 0 Å². The summed E-state index contributed by atoms with van der Waals surface area (Å²) in [5, 5.41) is 14.3. The van der Waals surface area contributed by atoms with E-state index in [0.717, 1.165) is 31.1 Å². The molecular formula is C33H40ClN4O9P. The maximum absolute atomic E-state index is 13.7. The number of anilines is 1. The van der Waals surface area contributed by atoms with Crippen LogP contribution < -0.4 is 9.84 Å². The number of hydrogen-bond donors (Lipinski definition) is 1. The molecule has 1 aromatic carbocycles. The molecule has 15 heteroatoms. The molecule has 3 atom stereocenters. The molecule has 0 bridgehead atoms. The number of ether oxygens (including phenoxy) is 4. The van der Waals surface area contributed by atoms with Gasteiger partial charge in [-0.3, -0.25) is 9.32 Å². The van der Waals surface area contributed by atoms with Crippen LogP contribution in [0.25, 0.3) is 11.0 Å². The van der Waals surface area contributed by atoms with Crippen molar-refractivity contribution >= 4 is 47.9 Å². The lowest BCUT2D eigenvalue weighted by molar-refractivity contribution is -0.174. The van der Waals surface area contributed by atoms with E-state index in [2.05, 4.69) is 16.4 Å².